The van der Waals surface area contributed by atoms with Gasteiger partial charge in [0, 0.05) is 35.6 Å². The molecule has 5 aromatic rings. The van der Waals surface area contributed by atoms with Crippen LogP contribution in [0.25, 0.3) is 22.3 Å². The largest absolute Gasteiger partial charge is 0.451 e. The number of halogens is 4. The average molecular weight is 455 g/mol. The third-order valence-electron chi connectivity index (χ3n) is 4.88. The molecule has 0 fully saturated rings. The van der Waals surface area contributed by atoms with Crippen LogP contribution in [0.1, 0.15) is 17.2 Å². The zero-order valence-electron chi connectivity index (χ0n) is 16.6. The number of anilines is 1. The summed E-state index contributed by atoms with van der Waals surface area (Å²) in [6, 6.07) is 7.82. The molecule has 166 valence electrons. The van der Waals surface area contributed by atoms with Gasteiger partial charge in [-0.2, -0.15) is 18.3 Å². The first-order valence-corrected chi connectivity index (χ1v) is 9.48. The van der Waals surface area contributed by atoms with Crippen molar-refractivity contribution in [2.24, 2.45) is 0 Å². The first-order valence-electron chi connectivity index (χ1n) is 9.48. The number of rotatable bonds is 4. The second kappa shape index (κ2) is 7.62. The Morgan fingerprint density at radius 1 is 1.03 bits per heavy atom. The van der Waals surface area contributed by atoms with Gasteiger partial charge in [0.15, 0.2) is 5.82 Å². The predicted molar refractivity (Wildman–Crippen MR) is 108 cm³/mol. The Hall–Kier alpha value is -4.42. The van der Waals surface area contributed by atoms with E-state index in [0.717, 1.165) is 12.4 Å². The van der Waals surface area contributed by atoms with Gasteiger partial charge in [-0.05, 0) is 18.2 Å². The maximum atomic E-state index is 14.1. The van der Waals surface area contributed by atoms with Crippen molar-refractivity contribution in [3.8, 4) is 16.8 Å². The topological polar surface area (TPSA) is 113 Å². The highest BCUT2D eigenvalue weighted by Gasteiger charge is 2.34. The fraction of sp³-hybridized carbons (Fsp3) is 0.100. The molecule has 0 amide bonds. The molecule has 1 aromatic carbocycles. The van der Waals surface area contributed by atoms with Crippen LogP contribution in [-0.2, 0) is 12.6 Å². The van der Waals surface area contributed by atoms with Gasteiger partial charge in [-0.15, -0.1) is 5.10 Å². The van der Waals surface area contributed by atoms with E-state index in [0.29, 0.717) is 28.0 Å². The highest BCUT2D eigenvalue weighted by atomic mass is 19.4. The Balaban J connectivity index is 1.54. The number of alkyl halides is 3. The van der Waals surface area contributed by atoms with E-state index in [4.69, 9.17) is 5.73 Å². The number of aromatic nitrogens is 8. The van der Waals surface area contributed by atoms with Crippen LogP contribution in [0, 0.1) is 5.82 Å². The van der Waals surface area contributed by atoms with Crippen LogP contribution in [0.4, 0.5) is 23.4 Å². The summed E-state index contributed by atoms with van der Waals surface area (Å²) in [4.78, 5) is 10.8. The van der Waals surface area contributed by atoms with E-state index in [1.165, 1.54) is 21.6 Å². The molecular formula is C20H13F4N9. The average Bonchev–Trinajstić information content (AvgIpc) is 3.40. The fourth-order valence-corrected chi connectivity index (χ4v) is 3.41. The molecule has 0 radical (unpaired) electrons. The van der Waals surface area contributed by atoms with Crippen molar-refractivity contribution >= 4 is 11.3 Å². The lowest BCUT2D eigenvalue weighted by Gasteiger charge is -2.05. The third-order valence-corrected chi connectivity index (χ3v) is 4.88. The minimum absolute atomic E-state index is 0.126. The van der Waals surface area contributed by atoms with E-state index >= 15 is 0 Å². The summed E-state index contributed by atoms with van der Waals surface area (Å²) in [6.07, 6.45) is 0.538. The summed E-state index contributed by atoms with van der Waals surface area (Å²) in [5.41, 5.74) is 8.53. The lowest BCUT2D eigenvalue weighted by molar-refractivity contribution is -0.144. The zero-order chi connectivity index (χ0) is 23.2. The van der Waals surface area contributed by atoms with E-state index < -0.39 is 17.8 Å². The minimum Gasteiger partial charge on any atom is -0.382 e. The summed E-state index contributed by atoms with van der Waals surface area (Å²) < 4.78 is 55.4. The Bertz CT molecular complexity index is 1450. The normalized spacial score (nSPS) is 11.9. The second-order valence-electron chi connectivity index (χ2n) is 7.03. The minimum atomic E-state index is -4.65. The molecule has 0 aliphatic carbocycles. The van der Waals surface area contributed by atoms with E-state index in [-0.39, 0.29) is 17.9 Å². The molecule has 0 atom stereocenters. The Morgan fingerprint density at radius 3 is 2.52 bits per heavy atom. The monoisotopic (exact) mass is 455 g/mol. The van der Waals surface area contributed by atoms with E-state index in [1.54, 1.807) is 30.5 Å². The van der Waals surface area contributed by atoms with Crippen molar-refractivity contribution in [1.82, 2.24) is 39.6 Å². The maximum Gasteiger partial charge on any atom is 0.451 e. The molecule has 0 unspecified atom stereocenters. The van der Waals surface area contributed by atoms with Gasteiger partial charge in [-0.3, -0.25) is 0 Å². The number of fused-ring (bicyclic) bond motifs is 1. The molecule has 0 saturated heterocycles. The number of para-hydroxylation sites is 1. The molecule has 0 saturated carbocycles. The third kappa shape index (κ3) is 3.73. The number of hydrogen-bond donors (Lipinski definition) is 1. The predicted octanol–water partition coefficient (Wildman–Crippen LogP) is 3.10. The standard InChI is InChI=1S/C20H13F4N9/c21-15-3-1-2-4-16(15)32-9-12(30-31-32)5-13-6-14(17-18(25)28-10-29-33(13)17)11-7-26-19(27-8-11)20(22,23)24/h1-4,6-10H,5H2,(H2,25,28,29). The zero-order valence-corrected chi connectivity index (χ0v) is 16.6. The van der Waals surface area contributed by atoms with Crippen LogP contribution in [0.2, 0.25) is 0 Å². The van der Waals surface area contributed by atoms with E-state index in [2.05, 4.69) is 30.4 Å². The van der Waals surface area contributed by atoms with Crippen LogP contribution in [0.15, 0.2) is 55.2 Å². The molecular weight excluding hydrogens is 442 g/mol. The quantitative estimate of drug-likeness (QED) is 0.415. The van der Waals surface area contributed by atoms with Crippen LogP contribution in [0.3, 0.4) is 0 Å². The van der Waals surface area contributed by atoms with Crippen molar-refractivity contribution in [1.29, 1.82) is 0 Å². The van der Waals surface area contributed by atoms with Crippen molar-refractivity contribution in [2.75, 3.05) is 5.73 Å². The van der Waals surface area contributed by atoms with Gasteiger partial charge < -0.3 is 5.73 Å². The first-order chi connectivity index (χ1) is 15.8. The molecule has 0 bridgehead atoms. The summed E-state index contributed by atoms with van der Waals surface area (Å²) in [6.45, 7) is 0. The summed E-state index contributed by atoms with van der Waals surface area (Å²) in [7, 11) is 0. The molecule has 9 nitrogen and oxygen atoms in total. The van der Waals surface area contributed by atoms with Gasteiger partial charge in [0.1, 0.15) is 23.3 Å². The number of nitrogens with zero attached hydrogens (tertiary/aromatic N) is 8. The lowest BCUT2D eigenvalue weighted by atomic mass is 10.1. The Labute approximate surface area is 182 Å². The molecule has 4 heterocycles. The Kier molecular flexibility index (Phi) is 4.73. The highest BCUT2D eigenvalue weighted by molar-refractivity contribution is 5.87. The maximum absolute atomic E-state index is 14.1. The summed E-state index contributed by atoms with van der Waals surface area (Å²) >= 11 is 0. The molecule has 0 aliphatic rings. The summed E-state index contributed by atoms with van der Waals surface area (Å²) in [5.74, 6) is -1.57. The van der Waals surface area contributed by atoms with Crippen LogP contribution < -0.4 is 5.73 Å². The SMILES string of the molecule is Nc1ncnn2c(Cc3cn(-c4ccccc4F)nn3)cc(-c3cnc(C(F)(F)F)nc3)c12. The van der Waals surface area contributed by atoms with Crippen molar-refractivity contribution in [2.45, 2.75) is 12.6 Å². The molecule has 2 N–H and O–H groups in total. The van der Waals surface area contributed by atoms with Crippen molar-refractivity contribution < 1.29 is 17.6 Å². The molecule has 13 heteroatoms. The molecule has 5 rings (SSSR count). The number of hydrogen-bond acceptors (Lipinski definition) is 7. The molecule has 0 spiro atoms. The molecule has 33 heavy (non-hydrogen) atoms. The van der Waals surface area contributed by atoms with E-state index in [9.17, 15) is 17.6 Å². The lowest BCUT2D eigenvalue weighted by Crippen LogP contribution is -2.10. The van der Waals surface area contributed by atoms with Gasteiger partial charge in [-0.1, -0.05) is 17.3 Å². The van der Waals surface area contributed by atoms with Crippen molar-refractivity contribution in [3.63, 3.8) is 0 Å². The highest BCUT2D eigenvalue weighted by Crippen LogP contribution is 2.32. The Morgan fingerprint density at radius 2 is 1.79 bits per heavy atom. The van der Waals surface area contributed by atoms with Crippen LogP contribution in [0.5, 0.6) is 0 Å². The number of benzene rings is 1. The fourth-order valence-electron chi connectivity index (χ4n) is 3.41. The van der Waals surface area contributed by atoms with Gasteiger partial charge in [0.25, 0.3) is 0 Å². The summed E-state index contributed by atoms with van der Waals surface area (Å²) in [5, 5.41) is 12.3. The molecule has 4 aromatic heterocycles. The number of nitrogen functional groups attached to an aromatic ring is 1. The van der Waals surface area contributed by atoms with Gasteiger partial charge in [-0.25, -0.2) is 28.5 Å². The van der Waals surface area contributed by atoms with Crippen LogP contribution >= 0.6 is 0 Å². The number of nitrogens with two attached hydrogens (primary N) is 1. The van der Waals surface area contributed by atoms with E-state index in [1.807, 2.05) is 0 Å². The van der Waals surface area contributed by atoms with Gasteiger partial charge in [0.2, 0.25) is 5.82 Å². The first kappa shape index (κ1) is 20.5. The molecule has 0 aliphatic heterocycles. The second-order valence-corrected chi connectivity index (χ2v) is 7.03. The van der Waals surface area contributed by atoms with Crippen molar-refractivity contribution in [3.05, 3.63) is 78.3 Å². The van der Waals surface area contributed by atoms with Crippen LogP contribution in [-0.4, -0.2) is 39.6 Å². The van der Waals surface area contributed by atoms with Gasteiger partial charge in [0.05, 0.1) is 11.9 Å². The smallest absolute Gasteiger partial charge is 0.382 e. The van der Waals surface area contributed by atoms with Gasteiger partial charge >= 0.3 is 6.18 Å².